The van der Waals surface area contributed by atoms with E-state index in [-0.39, 0.29) is 4.90 Å². The molecule has 0 spiro atoms. The number of sulfone groups is 1. The van der Waals surface area contributed by atoms with Gasteiger partial charge < -0.3 is 0 Å². The number of carbonyl (C=O) groups is 1. The minimum atomic E-state index is -3.52. The lowest BCUT2D eigenvalue weighted by atomic mass is 10.1. The zero-order chi connectivity index (χ0) is 17.2. The van der Waals surface area contributed by atoms with Crippen molar-refractivity contribution >= 4 is 21.8 Å². The second kappa shape index (κ2) is 6.56. The summed E-state index contributed by atoms with van der Waals surface area (Å²) in [7, 11) is -3.52. The molecule has 1 aliphatic rings. The Morgan fingerprint density at radius 3 is 2.67 bits per heavy atom. The summed E-state index contributed by atoms with van der Waals surface area (Å²) < 4.78 is 25.6. The topological polar surface area (TPSA) is 95.5 Å². The fourth-order valence-corrected chi connectivity index (χ4v) is 4.36. The van der Waals surface area contributed by atoms with Gasteiger partial charge in [0.15, 0.2) is 9.84 Å². The molecule has 1 aliphatic heterocycles. The van der Waals surface area contributed by atoms with Crippen molar-refractivity contribution in [3.63, 3.8) is 0 Å². The molecule has 0 aromatic heterocycles. The van der Waals surface area contributed by atoms with Crippen molar-refractivity contribution in [1.82, 2.24) is 10.8 Å². The minimum absolute atomic E-state index is 0.277. The van der Waals surface area contributed by atoms with E-state index in [4.69, 9.17) is 5.21 Å². The third kappa shape index (κ3) is 3.09. The van der Waals surface area contributed by atoms with Crippen molar-refractivity contribution in [2.75, 3.05) is 0 Å². The summed E-state index contributed by atoms with van der Waals surface area (Å²) in [4.78, 5) is 11.3. The molecule has 7 heteroatoms. The van der Waals surface area contributed by atoms with E-state index < -0.39 is 21.1 Å². The number of amides is 1. The smallest absolute Gasteiger partial charge is 0.267 e. The first-order valence-corrected chi connectivity index (χ1v) is 8.84. The molecule has 1 heterocycles. The number of hydrogen-bond acceptors (Lipinski definition) is 5. The van der Waals surface area contributed by atoms with Crippen LogP contribution in [0, 0.1) is 0 Å². The third-order valence-electron chi connectivity index (χ3n) is 3.85. The third-order valence-corrected chi connectivity index (χ3v) is 5.82. The van der Waals surface area contributed by atoms with Gasteiger partial charge in [-0.2, -0.15) is 0 Å². The molecular weight excluding hydrogens is 328 g/mol. The molecule has 0 bridgehead atoms. The first-order chi connectivity index (χ1) is 11.5. The molecule has 1 atom stereocenters. The van der Waals surface area contributed by atoms with Gasteiger partial charge in [0.2, 0.25) is 0 Å². The van der Waals surface area contributed by atoms with Gasteiger partial charge >= 0.3 is 0 Å². The van der Waals surface area contributed by atoms with Crippen LogP contribution in [0.25, 0.3) is 6.08 Å². The largest absolute Gasteiger partial charge is 0.293 e. The first kappa shape index (κ1) is 16.4. The number of hydroxylamine groups is 1. The SMILES string of the molecule is O=C(C=Cc1ccc2c(c1)CNC2S(=O)(=O)c1ccccc1)NO. The molecule has 2 aromatic carbocycles. The number of fused-ring (bicyclic) bond motifs is 1. The summed E-state index contributed by atoms with van der Waals surface area (Å²) in [5.74, 6) is -0.627. The van der Waals surface area contributed by atoms with Crippen LogP contribution in [0.5, 0.6) is 0 Å². The lowest BCUT2D eigenvalue weighted by Crippen LogP contribution is -2.22. The average molecular weight is 344 g/mol. The fraction of sp³-hybridized carbons (Fsp3) is 0.118. The van der Waals surface area contributed by atoms with Crippen molar-refractivity contribution in [3.05, 3.63) is 71.3 Å². The second-order valence-electron chi connectivity index (χ2n) is 5.39. The molecule has 0 saturated heterocycles. The van der Waals surface area contributed by atoms with E-state index in [1.54, 1.807) is 48.5 Å². The van der Waals surface area contributed by atoms with E-state index in [2.05, 4.69) is 5.32 Å². The Morgan fingerprint density at radius 1 is 1.21 bits per heavy atom. The Kier molecular flexibility index (Phi) is 4.48. The van der Waals surface area contributed by atoms with Gasteiger partial charge in [0.25, 0.3) is 5.91 Å². The Bertz CT molecular complexity index is 892. The molecule has 1 unspecified atom stereocenters. The highest BCUT2D eigenvalue weighted by Gasteiger charge is 2.34. The number of carbonyl (C=O) groups excluding carboxylic acids is 1. The van der Waals surface area contributed by atoms with Crippen molar-refractivity contribution in [3.8, 4) is 0 Å². The normalized spacial score (nSPS) is 17.0. The van der Waals surface area contributed by atoms with Gasteiger partial charge in [-0.05, 0) is 34.9 Å². The molecule has 1 amide bonds. The fourth-order valence-electron chi connectivity index (χ4n) is 2.68. The van der Waals surface area contributed by atoms with Gasteiger partial charge in [0, 0.05) is 12.6 Å². The summed E-state index contributed by atoms with van der Waals surface area (Å²) in [5, 5.41) is 10.7. The Hall–Kier alpha value is -2.48. The van der Waals surface area contributed by atoms with Gasteiger partial charge in [-0.1, -0.05) is 36.4 Å². The highest BCUT2D eigenvalue weighted by Crippen LogP contribution is 2.34. The van der Waals surface area contributed by atoms with Crippen LogP contribution in [0.4, 0.5) is 0 Å². The van der Waals surface area contributed by atoms with E-state index in [0.29, 0.717) is 12.1 Å². The lowest BCUT2D eigenvalue weighted by Gasteiger charge is -2.13. The van der Waals surface area contributed by atoms with Crippen LogP contribution in [0.1, 0.15) is 22.1 Å². The summed E-state index contributed by atoms with van der Waals surface area (Å²) in [5.41, 5.74) is 3.84. The molecule has 24 heavy (non-hydrogen) atoms. The predicted molar refractivity (Wildman–Crippen MR) is 88.6 cm³/mol. The summed E-state index contributed by atoms with van der Waals surface area (Å²) in [6.45, 7) is 0.430. The van der Waals surface area contributed by atoms with Gasteiger partial charge in [-0.15, -0.1) is 0 Å². The average Bonchev–Trinajstić information content (AvgIpc) is 3.04. The van der Waals surface area contributed by atoms with Crippen LogP contribution >= 0.6 is 0 Å². The number of benzene rings is 2. The van der Waals surface area contributed by atoms with Crippen LogP contribution in [-0.4, -0.2) is 19.5 Å². The Balaban J connectivity index is 1.91. The Labute approximate surface area is 139 Å². The molecule has 0 saturated carbocycles. The van der Waals surface area contributed by atoms with Crippen LogP contribution in [-0.2, 0) is 21.2 Å². The molecule has 3 rings (SSSR count). The van der Waals surface area contributed by atoms with Crippen LogP contribution in [0.15, 0.2) is 59.5 Å². The molecule has 0 aliphatic carbocycles. The maximum atomic E-state index is 12.8. The van der Waals surface area contributed by atoms with Crippen molar-refractivity contribution < 1.29 is 18.4 Å². The van der Waals surface area contributed by atoms with Crippen LogP contribution < -0.4 is 10.8 Å². The predicted octanol–water partition coefficient (Wildman–Crippen LogP) is 1.78. The lowest BCUT2D eigenvalue weighted by molar-refractivity contribution is -0.124. The molecule has 124 valence electrons. The zero-order valence-corrected chi connectivity index (χ0v) is 13.5. The summed E-state index contributed by atoms with van der Waals surface area (Å²) in [6, 6.07) is 13.6. The zero-order valence-electron chi connectivity index (χ0n) is 12.6. The molecule has 3 N–H and O–H groups in total. The van der Waals surface area contributed by atoms with E-state index >= 15 is 0 Å². The van der Waals surface area contributed by atoms with Gasteiger partial charge in [0.05, 0.1) is 4.90 Å². The summed E-state index contributed by atoms with van der Waals surface area (Å²) in [6.07, 6.45) is 2.74. The minimum Gasteiger partial charge on any atom is -0.293 e. The van der Waals surface area contributed by atoms with E-state index in [0.717, 1.165) is 11.1 Å². The van der Waals surface area contributed by atoms with Crippen molar-refractivity contribution in [1.29, 1.82) is 0 Å². The molecule has 6 nitrogen and oxygen atoms in total. The first-order valence-electron chi connectivity index (χ1n) is 7.29. The Morgan fingerprint density at radius 2 is 1.96 bits per heavy atom. The van der Waals surface area contributed by atoms with E-state index in [9.17, 15) is 13.2 Å². The summed E-state index contributed by atoms with van der Waals surface area (Å²) >= 11 is 0. The van der Waals surface area contributed by atoms with Crippen molar-refractivity contribution in [2.45, 2.75) is 16.8 Å². The van der Waals surface area contributed by atoms with Crippen LogP contribution in [0.3, 0.4) is 0 Å². The molecule has 0 fully saturated rings. The van der Waals surface area contributed by atoms with Gasteiger partial charge in [0.1, 0.15) is 5.37 Å². The maximum Gasteiger partial charge on any atom is 0.267 e. The van der Waals surface area contributed by atoms with Gasteiger partial charge in [-0.3, -0.25) is 15.3 Å². The highest BCUT2D eigenvalue weighted by molar-refractivity contribution is 7.91. The number of rotatable bonds is 4. The highest BCUT2D eigenvalue weighted by atomic mass is 32.2. The van der Waals surface area contributed by atoms with E-state index in [1.807, 2.05) is 6.07 Å². The maximum absolute atomic E-state index is 12.8. The van der Waals surface area contributed by atoms with E-state index in [1.165, 1.54) is 11.6 Å². The molecule has 0 radical (unpaired) electrons. The molecular formula is C17H16N2O4S. The van der Waals surface area contributed by atoms with Gasteiger partial charge in [-0.25, -0.2) is 13.9 Å². The number of hydrogen-bond donors (Lipinski definition) is 3. The number of nitrogens with one attached hydrogen (secondary N) is 2. The second-order valence-corrected chi connectivity index (χ2v) is 7.42. The van der Waals surface area contributed by atoms with Crippen molar-refractivity contribution in [2.24, 2.45) is 0 Å². The molecule has 2 aromatic rings. The monoisotopic (exact) mass is 344 g/mol. The standard InChI is InChI=1S/C17H16N2O4S/c20-16(19-21)9-7-12-6-8-15-13(10-12)11-18-17(15)24(22,23)14-4-2-1-3-5-14/h1-10,17-18,21H,11H2,(H,19,20). The quantitative estimate of drug-likeness (QED) is 0.446. The van der Waals surface area contributed by atoms with Crippen LogP contribution in [0.2, 0.25) is 0 Å².